The summed E-state index contributed by atoms with van der Waals surface area (Å²) >= 11 is 6.13. The first-order chi connectivity index (χ1) is 12.2. The molecule has 0 aliphatic rings. The van der Waals surface area contributed by atoms with Crippen LogP contribution in [0.3, 0.4) is 0 Å². The number of carbonyl (C=O) groups excluding carboxylic acids is 2. The molecular weight excluding hydrogens is 359 g/mol. The van der Waals surface area contributed by atoms with Crippen molar-refractivity contribution in [3.63, 3.8) is 0 Å². The van der Waals surface area contributed by atoms with E-state index in [-0.39, 0.29) is 5.91 Å². The number of amides is 2. The zero-order valence-electron chi connectivity index (χ0n) is 14.7. The molecule has 0 saturated heterocycles. The van der Waals surface area contributed by atoms with Gasteiger partial charge in [-0.2, -0.15) is 0 Å². The topological polar surface area (TPSA) is 67.4 Å². The van der Waals surface area contributed by atoms with Crippen molar-refractivity contribution in [2.45, 2.75) is 32.8 Å². The largest absolute Gasteiger partial charge is 0.478 e. The molecule has 0 heterocycles. The molecule has 0 aliphatic carbocycles. The maximum atomic E-state index is 13.0. The van der Waals surface area contributed by atoms with Crippen molar-refractivity contribution in [3.8, 4) is 5.75 Å². The van der Waals surface area contributed by atoms with E-state index in [4.69, 9.17) is 16.3 Å². The van der Waals surface area contributed by atoms with Gasteiger partial charge in [-0.3, -0.25) is 9.59 Å². The molecule has 2 aromatic carbocycles. The molecule has 2 aromatic rings. The summed E-state index contributed by atoms with van der Waals surface area (Å²) in [6, 6.07) is 10.2. The number of benzene rings is 2. The minimum Gasteiger partial charge on any atom is -0.478 e. The van der Waals surface area contributed by atoms with Gasteiger partial charge in [0.05, 0.1) is 10.7 Å². The second-order valence-corrected chi connectivity index (χ2v) is 6.52. The van der Waals surface area contributed by atoms with Gasteiger partial charge in [-0.25, -0.2) is 4.39 Å². The molecule has 138 valence electrons. The molecule has 0 aliphatic heterocycles. The zero-order valence-corrected chi connectivity index (χ0v) is 15.5. The van der Waals surface area contributed by atoms with E-state index in [1.165, 1.54) is 24.3 Å². The van der Waals surface area contributed by atoms with E-state index in [0.29, 0.717) is 28.6 Å². The fourth-order valence-corrected chi connectivity index (χ4v) is 2.23. The summed E-state index contributed by atoms with van der Waals surface area (Å²) in [6.07, 6.45) is 0.336. The Kier molecular flexibility index (Phi) is 6.21. The highest BCUT2D eigenvalue weighted by Crippen LogP contribution is 2.27. The first-order valence-corrected chi connectivity index (χ1v) is 8.44. The summed E-state index contributed by atoms with van der Waals surface area (Å²) in [5, 5.41) is 5.72. The Morgan fingerprint density at radius 1 is 1.12 bits per heavy atom. The molecule has 0 atom stereocenters. The van der Waals surface area contributed by atoms with E-state index in [1.807, 2.05) is 0 Å². The molecule has 2 amide bonds. The van der Waals surface area contributed by atoms with E-state index in [0.717, 1.165) is 0 Å². The molecule has 0 aromatic heterocycles. The molecule has 0 radical (unpaired) electrons. The summed E-state index contributed by atoms with van der Waals surface area (Å²) in [6.45, 7) is 4.91. The standard InChI is InChI=1S/C19H20ClFN2O3/c1-4-17(24)22-13-7-10-15(20)16(11-13)23-18(25)19(2,3)26-14-8-5-12(21)6-9-14/h5-11H,4H2,1-3H3,(H,22,24)(H,23,25). The van der Waals surface area contributed by atoms with Gasteiger partial charge >= 0.3 is 0 Å². The summed E-state index contributed by atoms with van der Waals surface area (Å²) in [4.78, 5) is 24.1. The Balaban J connectivity index is 2.13. The first-order valence-electron chi connectivity index (χ1n) is 8.06. The fourth-order valence-electron chi connectivity index (χ4n) is 2.06. The average Bonchev–Trinajstić information content (AvgIpc) is 2.59. The number of carbonyl (C=O) groups is 2. The molecule has 0 fully saturated rings. The molecule has 0 saturated carbocycles. The van der Waals surface area contributed by atoms with Gasteiger partial charge in [0.1, 0.15) is 11.6 Å². The monoisotopic (exact) mass is 378 g/mol. The SMILES string of the molecule is CCC(=O)Nc1ccc(Cl)c(NC(=O)C(C)(C)Oc2ccc(F)cc2)c1. The second kappa shape index (κ2) is 8.19. The van der Waals surface area contributed by atoms with Crippen LogP contribution in [0.5, 0.6) is 5.75 Å². The van der Waals surface area contributed by atoms with Crippen LogP contribution >= 0.6 is 11.6 Å². The Morgan fingerprint density at radius 2 is 1.77 bits per heavy atom. The third kappa shape index (κ3) is 5.20. The number of nitrogens with one attached hydrogen (secondary N) is 2. The number of ether oxygens (including phenoxy) is 1. The second-order valence-electron chi connectivity index (χ2n) is 6.12. The quantitative estimate of drug-likeness (QED) is 0.770. The Labute approximate surface area is 156 Å². The van der Waals surface area contributed by atoms with E-state index in [1.54, 1.807) is 39.0 Å². The van der Waals surface area contributed by atoms with Crippen LogP contribution in [0.1, 0.15) is 27.2 Å². The van der Waals surface area contributed by atoms with Gasteiger partial charge in [-0.1, -0.05) is 18.5 Å². The van der Waals surface area contributed by atoms with E-state index in [2.05, 4.69) is 10.6 Å². The molecule has 0 spiro atoms. The molecule has 2 rings (SSSR count). The normalized spacial score (nSPS) is 11.0. The number of halogens is 2. The minimum atomic E-state index is -1.23. The van der Waals surface area contributed by atoms with Crippen molar-refractivity contribution in [1.29, 1.82) is 0 Å². The van der Waals surface area contributed by atoms with Gasteiger partial charge in [-0.15, -0.1) is 0 Å². The van der Waals surface area contributed by atoms with Crippen molar-refractivity contribution in [3.05, 3.63) is 53.3 Å². The average molecular weight is 379 g/mol. The Morgan fingerprint density at radius 3 is 2.38 bits per heavy atom. The lowest BCUT2D eigenvalue weighted by Crippen LogP contribution is -2.42. The number of hydrogen-bond acceptors (Lipinski definition) is 3. The summed E-state index contributed by atoms with van der Waals surface area (Å²) < 4.78 is 18.6. The smallest absolute Gasteiger partial charge is 0.268 e. The van der Waals surface area contributed by atoms with Gasteiger partial charge in [0.2, 0.25) is 5.91 Å². The Hall–Kier alpha value is -2.60. The summed E-state index contributed by atoms with van der Waals surface area (Å²) in [5.41, 5.74) is -0.362. The van der Waals surface area contributed by atoms with Crippen molar-refractivity contribution in [1.82, 2.24) is 0 Å². The van der Waals surface area contributed by atoms with Gasteiger partial charge in [0.15, 0.2) is 5.60 Å². The minimum absolute atomic E-state index is 0.149. The maximum absolute atomic E-state index is 13.0. The van der Waals surface area contributed by atoms with Gasteiger partial charge in [0, 0.05) is 12.1 Å². The lowest BCUT2D eigenvalue weighted by atomic mass is 10.1. The molecule has 2 N–H and O–H groups in total. The molecule has 0 bridgehead atoms. The third-order valence-electron chi connectivity index (χ3n) is 3.55. The van der Waals surface area contributed by atoms with Crippen LogP contribution in [-0.4, -0.2) is 17.4 Å². The maximum Gasteiger partial charge on any atom is 0.268 e. The van der Waals surface area contributed by atoms with Gasteiger partial charge < -0.3 is 15.4 Å². The van der Waals surface area contributed by atoms with Crippen LogP contribution < -0.4 is 15.4 Å². The lowest BCUT2D eigenvalue weighted by Gasteiger charge is -2.25. The van der Waals surface area contributed by atoms with Crippen LogP contribution in [0.15, 0.2) is 42.5 Å². The highest BCUT2D eigenvalue weighted by atomic mass is 35.5. The number of rotatable bonds is 6. The van der Waals surface area contributed by atoms with Crippen molar-refractivity contribution in [2.24, 2.45) is 0 Å². The molecule has 5 nitrogen and oxygen atoms in total. The van der Waals surface area contributed by atoms with Gasteiger partial charge in [-0.05, 0) is 56.3 Å². The van der Waals surface area contributed by atoms with Crippen molar-refractivity contribution >= 4 is 34.8 Å². The predicted molar refractivity (Wildman–Crippen MR) is 100 cm³/mol. The third-order valence-corrected chi connectivity index (χ3v) is 3.88. The Bertz CT molecular complexity index is 807. The zero-order chi connectivity index (χ0) is 19.3. The number of anilines is 2. The van der Waals surface area contributed by atoms with E-state index < -0.39 is 17.3 Å². The lowest BCUT2D eigenvalue weighted by molar-refractivity contribution is -0.128. The fraction of sp³-hybridized carbons (Fsp3) is 0.263. The van der Waals surface area contributed by atoms with Crippen molar-refractivity contribution < 1.29 is 18.7 Å². The molecule has 26 heavy (non-hydrogen) atoms. The van der Waals surface area contributed by atoms with Crippen LogP contribution in [-0.2, 0) is 9.59 Å². The summed E-state index contributed by atoms with van der Waals surface area (Å²) in [5.74, 6) is -0.619. The van der Waals surface area contributed by atoms with Gasteiger partial charge in [0.25, 0.3) is 5.91 Å². The van der Waals surface area contributed by atoms with E-state index in [9.17, 15) is 14.0 Å². The van der Waals surface area contributed by atoms with Crippen LogP contribution in [0, 0.1) is 5.82 Å². The predicted octanol–water partition coefficient (Wildman–Crippen LogP) is 4.62. The molecule has 7 heteroatoms. The van der Waals surface area contributed by atoms with Crippen LogP contribution in [0.4, 0.5) is 15.8 Å². The first kappa shape index (κ1) is 19.7. The molecular formula is C19H20ClFN2O3. The highest BCUT2D eigenvalue weighted by molar-refractivity contribution is 6.34. The van der Waals surface area contributed by atoms with Crippen LogP contribution in [0.25, 0.3) is 0 Å². The highest BCUT2D eigenvalue weighted by Gasteiger charge is 2.30. The van der Waals surface area contributed by atoms with Crippen molar-refractivity contribution in [2.75, 3.05) is 10.6 Å². The molecule has 0 unspecified atom stereocenters. The van der Waals surface area contributed by atoms with Crippen LogP contribution in [0.2, 0.25) is 5.02 Å². The van der Waals surface area contributed by atoms with E-state index >= 15 is 0 Å². The number of hydrogen-bond donors (Lipinski definition) is 2. The summed E-state index contributed by atoms with van der Waals surface area (Å²) in [7, 11) is 0.